The van der Waals surface area contributed by atoms with Crippen molar-refractivity contribution in [1.29, 1.82) is 0 Å². The van der Waals surface area contributed by atoms with Crippen LogP contribution in [0.25, 0.3) is 0 Å². The smallest absolute Gasteiger partial charge is 0.146 e. The van der Waals surface area contributed by atoms with Crippen LogP contribution < -0.4 is 4.90 Å². The molecular weight excluding hydrogens is 205 g/mol. The fourth-order valence-corrected chi connectivity index (χ4v) is 1.68. The molecule has 0 radical (unpaired) electrons. The van der Waals surface area contributed by atoms with E-state index in [-0.39, 0.29) is 12.4 Å². The van der Waals surface area contributed by atoms with E-state index in [1.807, 2.05) is 11.9 Å². The zero-order valence-corrected chi connectivity index (χ0v) is 10.0. The molecule has 0 aliphatic heterocycles. The molecule has 1 aromatic rings. The summed E-state index contributed by atoms with van der Waals surface area (Å²) in [5.74, 6) is -0.259. The molecule has 0 aliphatic carbocycles. The quantitative estimate of drug-likeness (QED) is 0.752. The maximum Gasteiger partial charge on any atom is 0.146 e. The van der Waals surface area contributed by atoms with Gasteiger partial charge < -0.3 is 10.0 Å². The van der Waals surface area contributed by atoms with Crippen LogP contribution in [-0.4, -0.2) is 18.7 Å². The SMILES string of the molecule is CCCCCN(C)c1ccc(CO)cc1F. The largest absolute Gasteiger partial charge is 0.392 e. The first-order valence-corrected chi connectivity index (χ1v) is 5.79. The third-order valence-corrected chi connectivity index (χ3v) is 2.70. The average Bonchev–Trinajstić information content (AvgIpc) is 2.29. The Morgan fingerprint density at radius 2 is 2.06 bits per heavy atom. The summed E-state index contributed by atoms with van der Waals surface area (Å²) in [6.45, 7) is 2.90. The number of hydrogen-bond donors (Lipinski definition) is 1. The number of hydrogen-bond acceptors (Lipinski definition) is 2. The van der Waals surface area contributed by atoms with Gasteiger partial charge in [-0.3, -0.25) is 0 Å². The highest BCUT2D eigenvalue weighted by Gasteiger charge is 2.07. The van der Waals surface area contributed by atoms with Crippen molar-refractivity contribution in [3.8, 4) is 0 Å². The van der Waals surface area contributed by atoms with E-state index >= 15 is 0 Å². The summed E-state index contributed by atoms with van der Waals surface area (Å²) in [6, 6.07) is 4.88. The molecule has 90 valence electrons. The maximum atomic E-state index is 13.6. The van der Waals surface area contributed by atoms with E-state index in [0.29, 0.717) is 11.3 Å². The van der Waals surface area contributed by atoms with Crippen LogP contribution in [-0.2, 0) is 6.61 Å². The average molecular weight is 225 g/mol. The lowest BCUT2D eigenvalue weighted by Crippen LogP contribution is -2.19. The van der Waals surface area contributed by atoms with Crippen molar-refractivity contribution in [2.24, 2.45) is 0 Å². The lowest BCUT2D eigenvalue weighted by atomic mass is 10.2. The van der Waals surface area contributed by atoms with Gasteiger partial charge in [0.15, 0.2) is 0 Å². The van der Waals surface area contributed by atoms with Crippen LogP contribution in [0.5, 0.6) is 0 Å². The number of aliphatic hydroxyl groups is 1. The van der Waals surface area contributed by atoms with Gasteiger partial charge in [0.2, 0.25) is 0 Å². The monoisotopic (exact) mass is 225 g/mol. The summed E-state index contributed by atoms with van der Waals surface area (Å²) in [5.41, 5.74) is 1.22. The highest BCUT2D eigenvalue weighted by atomic mass is 19.1. The highest BCUT2D eigenvalue weighted by molar-refractivity contribution is 5.48. The molecule has 0 heterocycles. The lowest BCUT2D eigenvalue weighted by molar-refractivity contribution is 0.281. The van der Waals surface area contributed by atoms with Gasteiger partial charge in [-0.25, -0.2) is 4.39 Å². The predicted molar refractivity (Wildman–Crippen MR) is 65.1 cm³/mol. The molecule has 0 unspecified atom stereocenters. The molecule has 0 saturated carbocycles. The van der Waals surface area contributed by atoms with Crippen LogP contribution in [0.4, 0.5) is 10.1 Å². The molecule has 0 saturated heterocycles. The Hall–Kier alpha value is -1.09. The fraction of sp³-hybridized carbons (Fsp3) is 0.538. The molecule has 0 atom stereocenters. The minimum absolute atomic E-state index is 0.114. The molecule has 16 heavy (non-hydrogen) atoms. The van der Waals surface area contributed by atoms with Crippen molar-refractivity contribution in [3.63, 3.8) is 0 Å². The van der Waals surface area contributed by atoms with Gasteiger partial charge in [0.25, 0.3) is 0 Å². The van der Waals surface area contributed by atoms with E-state index in [4.69, 9.17) is 5.11 Å². The first-order valence-electron chi connectivity index (χ1n) is 5.79. The first kappa shape index (κ1) is 13.0. The molecular formula is C13H20FNO. The van der Waals surface area contributed by atoms with Crippen molar-refractivity contribution in [1.82, 2.24) is 0 Å². The van der Waals surface area contributed by atoms with E-state index in [9.17, 15) is 4.39 Å². The summed E-state index contributed by atoms with van der Waals surface area (Å²) in [7, 11) is 1.90. The molecule has 2 nitrogen and oxygen atoms in total. The summed E-state index contributed by atoms with van der Waals surface area (Å²) in [6.07, 6.45) is 3.41. The summed E-state index contributed by atoms with van der Waals surface area (Å²) < 4.78 is 13.6. The standard InChI is InChI=1S/C13H20FNO/c1-3-4-5-8-15(2)13-7-6-11(10-16)9-12(13)14/h6-7,9,16H,3-5,8,10H2,1-2H3. The molecule has 0 aromatic heterocycles. The van der Waals surface area contributed by atoms with Crippen LogP contribution in [0.15, 0.2) is 18.2 Å². The normalized spacial score (nSPS) is 10.5. The van der Waals surface area contributed by atoms with Crippen LogP contribution in [0.2, 0.25) is 0 Å². The second kappa shape index (κ2) is 6.48. The zero-order valence-electron chi connectivity index (χ0n) is 10.0. The van der Waals surface area contributed by atoms with Crippen LogP contribution in [0, 0.1) is 5.82 Å². The van der Waals surface area contributed by atoms with Crippen molar-refractivity contribution >= 4 is 5.69 Å². The fourth-order valence-electron chi connectivity index (χ4n) is 1.68. The van der Waals surface area contributed by atoms with Gasteiger partial charge in [0.05, 0.1) is 12.3 Å². The third kappa shape index (κ3) is 3.49. The Labute approximate surface area is 96.7 Å². The zero-order chi connectivity index (χ0) is 12.0. The van der Waals surface area contributed by atoms with E-state index < -0.39 is 0 Å². The number of nitrogens with zero attached hydrogens (tertiary/aromatic N) is 1. The second-order valence-corrected chi connectivity index (χ2v) is 4.07. The van der Waals surface area contributed by atoms with E-state index in [1.54, 1.807) is 12.1 Å². The molecule has 1 N–H and O–H groups in total. The summed E-state index contributed by atoms with van der Waals surface area (Å²) in [5, 5.41) is 8.88. The molecule has 3 heteroatoms. The number of benzene rings is 1. The van der Waals surface area contributed by atoms with Crippen molar-refractivity contribution in [2.45, 2.75) is 32.8 Å². The second-order valence-electron chi connectivity index (χ2n) is 4.07. The van der Waals surface area contributed by atoms with Crippen molar-refractivity contribution in [3.05, 3.63) is 29.6 Å². The molecule has 0 bridgehead atoms. The van der Waals surface area contributed by atoms with Crippen molar-refractivity contribution in [2.75, 3.05) is 18.5 Å². The first-order chi connectivity index (χ1) is 7.69. The molecule has 1 rings (SSSR count). The van der Waals surface area contributed by atoms with Crippen LogP contribution in [0.3, 0.4) is 0 Å². The molecule has 0 spiro atoms. The van der Waals surface area contributed by atoms with Gasteiger partial charge in [-0.05, 0) is 24.1 Å². The third-order valence-electron chi connectivity index (χ3n) is 2.70. The Bertz CT molecular complexity index is 328. The maximum absolute atomic E-state index is 13.6. The number of rotatable bonds is 6. The number of unbranched alkanes of at least 4 members (excludes halogenated alkanes) is 2. The highest BCUT2D eigenvalue weighted by Crippen LogP contribution is 2.19. The van der Waals surface area contributed by atoms with Crippen LogP contribution >= 0.6 is 0 Å². The Morgan fingerprint density at radius 1 is 1.31 bits per heavy atom. The minimum atomic E-state index is -0.259. The van der Waals surface area contributed by atoms with Crippen LogP contribution in [0.1, 0.15) is 31.7 Å². The minimum Gasteiger partial charge on any atom is -0.392 e. The van der Waals surface area contributed by atoms with Gasteiger partial charge in [-0.15, -0.1) is 0 Å². The molecule has 1 aromatic carbocycles. The van der Waals surface area contributed by atoms with Crippen molar-refractivity contribution < 1.29 is 9.50 Å². The van der Waals surface area contributed by atoms with E-state index in [0.717, 1.165) is 13.0 Å². The van der Waals surface area contributed by atoms with Gasteiger partial charge in [-0.1, -0.05) is 25.8 Å². The Balaban J connectivity index is 2.64. The Morgan fingerprint density at radius 3 is 2.62 bits per heavy atom. The molecule has 0 aliphatic rings. The van der Waals surface area contributed by atoms with E-state index in [1.165, 1.54) is 18.9 Å². The number of aliphatic hydroxyl groups excluding tert-OH is 1. The Kier molecular flexibility index (Phi) is 5.26. The molecule has 0 fully saturated rings. The molecule has 0 amide bonds. The lowest BCUT2D eigenvalue weighted by Gasteiger charge is -2.20. The van der Waals surface area contributed by atoms with Gasteiger partial charge in [0.1, 0.15) is 5.82 Å². The number of halogens is 1. The van der Waals surface area contributed by atoms with Gasteiger partial charge >= 0.3 is 0 Å². The predicted octanol–water partition coefficient (Wildman–Crippen LogP) is 2.94. The summed E-state index contributed by atoms with van der Waals surface area (Å²) >= 11 is 0. The van der Waals surface area contributed by atoms with E-state index in [2.05, 4.69) is 6.92 Å². The summed E-state index contributed by atoms with van der Waals surface area (Å²) in [4.78, 5) is 1.92. The van der Waals surface area contributed by atoms with Gasteiger partial charge in [0, 0.05) is 13.6 Å². The number of anilines is 1. The van der Waals surface area contributed by atoms with Gasteiger partial charge in [-0.2, -0.15) is 0 Å². The topological polar surface area (TPSA) is 23.5 Å².